The van der Waals surface area contributed by atoms with Crippen molar-refractivity contribution in [2.24, 2.45) is 0 Å². The lowest BCUT2D eigenvalue weighted by atomic mass is 9.59. The fourth-order valence-corrected chi connectivity index (χ4v) is 4.61. The van der Waals surface area contributed by atoms with Crippen molar-refractivity contribution in [3.8, 4) is 5.88 Å². The first-order chi connectivity index (χ1) is 14.7. The van der Waals surface area contributed by atoms with Gasteiger partial charge in [0.2, 0.25) is 11.8 Å². The number of aromatic nitrogens is 1. The van der Waals surface area contributed by atoms with Crippen LogP contribution in [0.15, 0.2) is 36.4 Å². The summed E-state index contributed by atoms with van der Waals surface area (Å²) in [6.07, 6.45) is 3.29. The quantitative estimate of drug-likeness (QED) is 0.550. The number of pyridine rings is 1. The number of halogens is 2. The van der Waals surface area contributed by atoms with Crippen LogP contribution in [0.1, 0.15) is 49.4 Å². The Labute approximate surface area is 186 Å². The van der Waals surface area contributed by atoms with Crippen LogP contribution in [0, 0.1) is 6.92 Å². The first-order valence-corrected chi connectivity index (χ1v) is 11.5. The minimum atomic E-state index is -3.02. The third kappa shape index (κ3) is 4.85. The molecule has 0 atom stereocenters. The fraction of sp³-hybridized carbons (Fsp3) is 0.478. The molecule has 8 heteroatoms. The van der Waals surface area contributed by atoms with Gasteiger partial charge in [0.1, 0.15) is 5.69 Å². The maximum atomic E-state index is 13.7. The van der Waals surface area contributed by atoms with Crippen LogP contribution in [0.2, 0.25) is 0 Å². The lowest BCUT2D eigenvalue weighted by molar-refractivity contribution is -0.126. The molecule has 0 bridgehead atoms. The van der Waals surface area contributed by atoms with Crippen LogP contribution in [0.4, 0.5) is 14.5 Å². The number of aryl methyl sites for hydroxylation is 1. The van der Waals surface area contributed by atoms with Gasteiger partial charge in [0.25, 0.3) is 0 Å². The fourth-order valence-electron chi connectivity index (χ4n) is 4.16. The van der Waals surface area contributed by atoms with Crippen LogP contribution in [0.3, 0.4) is 0 Å². The number of ether oxygens (including phenoxy) is 1. The predicted octanol–water partition coefficient (Wildman–Crippen LogP) is 5.36. The Hall–Kier alpha value is -2.19. The normalized spacial score (nSPS) is 20.8. The van der Waals surface area contributed by atoms with E-state index in [-0.39, 0.29) is 29.4 Å². The van der Waals surface area contributed by atoms with Gasteiger partial charge < -0.3 is 10.1 Å². The minimum Gasteiger partial charge on any atom is -0.415 e. The van der Waals surface area contributed by atoms with Crippen LogP contribution in [0.25, 0.3) is 0 Å². The van der Waals surface area contributed by atoms with Crippen LogP contribution < -0.4 is 10.1 Å². The molecular formula is C23H29F2N3O2S. The molecule has 0 spiro atoms. The first kappa shape index (κ1) is 23.5. The van der Waals surface area contributed by atoms with Gasteiger partial charge in [0.05, 0.1) is 5.41 Å². The molecule has 0 aliphatic heterocycles. The number of rotatable bonds is 8. The summed E-state index contributed by atoms with van der Waals surface area (Å²) in [5.41, 5.74) is 2.04. The number of nitrogens with one attached hydrogen (secondary N) is 1. The summed E-state index contributed by atoms with van der Waals surface area (Å²) in [4.78, 5) is 17.7. The Balaban J connectivity index is 1.98. The van der Waals surface area contributed by atoms with Gasteiger partial charge in [0.15, 0.2) is 0 Å². The lowest BCUT2D eigenvalue weighted by Gasteiger charge is -2.50. The van der Waals surface area contributed by atoms with Crippen LogP contribution in [-0.4, -0.2) is 41.2 Å². The highest BCUT2D eigenvalue weighted by Gasteiger charge is 2.53. The molecule has 1 N–H and O–H groups in total. The van der Waals surface area contributed by atoms with E-state index in [0.717, 1.165) is 11.1 Å². The molecule has 168 valence electrons. The lowest BCUT2D eigenvalue weighted by Crippen LogP contribution is -2.57. The van der Waals surface area contributed by atoms with E-state index in [2.05, 4.69) is 39.3 Å². The minimum absolute atomic E-state index is 0.152. The van der Waals surface area contributed by atoms with E-state index in [1.807, 2.05) is 31.5 Å². The highest BCUT2D eigenvalue weighted by Crippen LogP contribution is 2.50. The van der Waals surface area contributed by atoms with Gasteiger partial charge in [-0.2, -0.15) is 8.78 Å². The van der Waals surface area contributed by atoms with E-state index in [4.69, 9.17) is 0 Å². The average molecular weight is 450 g/mol. The topological polar surface area (TPSA) is 54.5 Å². The molecule has 1 fully saturated rings. The molecule has 0 saturated heterocycles. The molecule has 0 radical (unpaired) electrons. The summed E-state index contributed by atoms with van der Waals surface area (Å²) in [6.45, 7) is 2.86. The molecule has 1 heterocycles. The van der Waals surface area contributed by atoms with Crippen molar-refractivity contribution in [3.05, 3.63) is 53.2 Å². The molecular weight excluding hydrogens is 420 g/mol. The summed E-state index contributed by atoms with van der Waals surface area (Å²) in [6, 6.07) is 11.5. The Bertz CT molecular complexity index is 933. The number of alkyl halides is 2. The highest BCUT2D eigenvalue weighted by atomic mass is 32.2. The summed E-state index contributed by atoms with van der Waals surface area (Å²) < 4.78 is 32.5. The Morgan fingerprint density at radius 2 is 1.94 bits per heavy atom. The van der Waals surface area contributed by atoms with Crippen molar-refractivity contribution in [2.45, 2.75) is 57.6 Å². The number of nitrogens with zero attached hydrogens (tertiary/aromatic N) is 2. The van der Waals surface area contributed by atoms with Gasteiger partial charge in [-0.1, -0.05) is 50.1 Å². The molecule has 1 saturated carbocycles. The zero-order valence-electron chi connectivity index (χ0n) is 18.5. The maximum Gasteiger partial charge on any atom is 0.388 e. The molecule has 0 unspecified atom stereocenters. The maximum absolute atomic E-state index is 13.7. The van der Waals surface area contributed by atoms with Gasteiger partial charge in [-0.15, -0.1) is 0 Å². The second-order valence-electron chi connectivity index (χ2n) is 8.25. The summed E-state index contributed by atoms with van der Waals surface area (Å²) in [5, 5.41) is 2.84. The van der Waals surface area contributed by atoms with Gasteiger partial charge in [0, 0.05) is 11.7 Å². The van der Waals surface area contributed by atoms with E-state index in [9.17, 15) is 13.6 Å². The van der Waals surface area contributed by atoms with Crippen molar-refractivity contribution in [3.63, 3.8) is 0 Å². The van der Waals surface area contributed by atoms with Crippen molar-refractivity contribution >= 4 is 23.5 Å². The molecule has 5 nitrogen and oxygen atoms in total. The van der Waals surface area contributed by atoms with Crippen LogP contribution in [-0.2, 0) is 10.2 Å². The van der Waals surface area contributed by atoms with Gasteiger partial charge >= 0.3 is 6.61 Å². The Kier molecular flexibility index (Phi) is 7.21. The van der Waals surface area contributed by atoms with Crippen LogP contribution >= 0.6 is 11.9 Å². The zero-order chi connectivity index (χ0) is 22.8. The molecule has 1 aromatic heterocycles. The van der Waals surface area contributed by atoms with Gasteiger partial charge in [-0.25, -0.2) is 4.98 Å². The van der Waals surface area contributed by atoms with Crippen molar-refractivity contribution in [1.82, 2.24) is 9.29 Å². The predicted molar refractivity (Wildman–Crippen MR) is 121 cm³/mol. The number of hydrogen-bond donors (Lipinski definition) is 1. The smallest absolute Gasteiger partial charge is 0.388 e. The third-order valence-electron chi connectivity index (χ3n) is 5.95. The second-order valence-corrected chi connectivity index (χ2v) is 9.19. The Morgan fingerprint density at radius 3 is 2.55 bits per heavy atom. The Morgan fingerprint density at radius 1 is 1.26 bits per heavy atom. The first-order valence-electron chi connectivity index (χ1n) is 10.3. The largest absolute Gasteiger partial charge is 0.415 e. The summed E-state index contributed by atoms with van der Waals surface area (Å²) >= 11 is 1.63. The van der Waals surface area contributed by atoms with Crippen molar-refractivity contribution in [2.75, 3.05) is 18.6 Å². The summed E-state index contributed by atoms with van der Waals surface area (Å²) in [5.74, 6) is -0.249. The number of carbonyl (C=O) groups is 1. The number of amides is 1. The standard InChI is InChI=1S/C23H29F2N3O2S/c1-14(2)17-8-6-7-9-18(17)23(12-16(13-23)28(4)31-5)21(29)27-19-11-10-15(3)26-20(19)30-22(24)25/h6-11,14,16,22H,12-13H2,1-5H3,(H,27,29). The molecule has 1 amide bonds. The van der Waals surface area contributed by atoms with E-state index in [1.54, 1.807) is 31.0 Å². The van der Waals surface area contributed by atoms with Gasteiger partial charge in [-0.3, -0.25) is 9.10 Å². The number of anilines is 1. The highest BCUT2D eigenvalue weighted by molar-refractivity contribution is 7.96. The monoisotopic (exact) mass is 449 g/mol. The second kappa shape index (κ2) is 9.53. The number of hydrogen-bond acceptors (Lipinski definition) is 5. The van der Waals surface area contributed by atoms with E-state index in [0.29, 0.717) is 18.5 Å². The summed E-state index contributed by atoms with van der Waals surface area (Å²) in [7, 11) is 2.02. The molecule has 2 aromatic rings. The molecule has 1 aliphatic rings. The molecule has 31 heavy (non-hydrogen) atoms. The molecule has 1 aromatic carbocycles. The average Bonchev–Trinajstić information content (AvgIpc) is 2.68. The SMILES string of the molecule is CSN(C)C1CC(C(=O)Nc2ccc(C)nc2OC(F)F)(c2ccccc2C(C)C)C1. The van der Waals surface area contributed by atoms with E-state index >= 15 is 0 Å². The third-order valence-corrected chi connectivity index (χ3v) is 6.83. The van der Waals surface area contributed by atoms with E-state index in [1.165, 1.54) is 0 Å². The molecule has 3 rings (SSSR count). The van der Waals surface area contributed by atoms with Gasteiger partial charge in [-0.05, 0) is 62.2 Å². The number of benzene rings is 1. The number of carbonyl (C=O) groups excluding carboxylic acids is 1. The van der Waals surface area contributed by atoms with Crippen molar-refractivity contribution < 1.29 is 18.3 Å². The van der Waals surface area contributed by atoms with E-state index < -0.39 is 12.0 Å². The van der Waals surface area contributed by atoms with Crippen molar-refractivity contribution in [1.29, 1.82) is 0 Å². The molecule has 1 aliphatic carbocycles. The van der Waals surface area contributed by atoms with Crippen LogP contribution in [0.5, 0.6) is 5.88 Å². The zero-order valence-corrected chi connectivity index (χ0v) is 19.3.